The molecule has 3 unspecified atom stereocenters. The van der Waals surface area contributed by atoms with Gasteiger partial charge in [-0.05, 0) is 36.8 Å². The highest BCUT2D eigenvalue weighted by Gasteiger charge is 2.48. The lowest BCUT2D eigenvalue weighted by atomic mass is 9.94. The summed E-state index contributed by atoms with van der Waals surface area (Å²) in [6, 6.07) is 4.96. The summed E-state index contributed by atoms with van der Waals surface area (Å²) < 4.78 is 0. The summed E-state index contributed by atoms with van der Waals surface area (Å²) in [5.74, 6) is 0.344. The van der Waals surface area contributed by atoms with Crippen LogP contribution in [-0.2, 0) is 4.79 Å². The number of carboxylic acid groups (broad SMARTS) is 1. The molecule has 1 aliphatic heterocycles. The predicted molar refractivity (Wildman–Crippen MR) is 68.6 cm³/mol. The SMILES string of the molecule is N#Cc1cccnc1N1CC2CCCC2C1C(=O)O. The minimum Gasteiger partial charge on any atom is -0.480 e. The van der Waals surface area contributed by atoms with Gasteiger partial charge in [0.1, 0.15) is 17.9 Å². The van der Waals surface area contributed by atoms with Gasteiger partial charge in [-0.3, -0.25) is 0 Å². The van der Waals surface area contributed by atoms with Crippen molar-refractivity contribution in [3.63, 3.8) is 0 Å². The van der Waals surface area contributed by atoms with E-state index >= 15 is 0 Å². The van der Waals surface area contributed by atoms with Crippen LogP contribution in [-0.4, -0.2) is 28.6 Å². The monoisotopic (exact) mass is 257 g/mol. The van der Waals surface area contributed by atoms with Crippen molar-refractivity contribution in [2.75, 3.05) is 11.4 Å². The van der Waals surface area contributed by atoms with Gasteiger partial charge in [0.25, 0.3) is 0 Å². The maximum Gasteiger partial charge on any atom is 0.326 e. The molecule has 1 aromatic rings. The largest absolute Gasteiger partial charge is 0.480 e. The maximum atomic E-state index is 11.6. The minimum absolute atomic E-state index is 0.200. The second-order valence-corrected chi connectivity index (χ2v) is 5.28. The third kappa shape index (κ3) is 1.84. The summed E-state index contributed by atoms with van der Waals surface area (Å²) in [7, 11) is 0. The topological polar surface area (TPSA) is 77.2 Å². The Labute approximate surface area is 111 Å². The number of hydrogen-bond donors (Lipinski definition) is 1. The second kappa shape index (κ2) is 4.54. The van der Waals surface area contributed by atoms with Crippen molar-refractivity contribution < 1.29 is 9.90 Å². The Balaban J connectivity index is 2.00. The first-order valence-electron chi connectivity index (χ1n) is 6.57. The first-order valence-corrected chi connectivity index (χ1v) is 6.57. The number of pyridine rings is 1. The third-order valence-corrected chi connectivity index (χ3v) is 4.32. The molecule has 0 spiro atoms. The van der Waals surface area contributed by atoms with Gasteiger partial charge >= 0.3 is 5.97 Å². The first-order chi connectivity index (χ1) is 9.22. The molecule has 1 N–H and O–H groups in total. The van der Waals surface area contributed by atoms with E-state index in [4.69, 9.17) is 5.26 Å². The van der Waals surface area contributed by atoms with Crippen LogP contribution in [0.25, 0.3) is 0 Å². The van der Waals surface area contributed by atoms with Crippen molar-refractivity contribution in [3.8, 4) is 6.07 Å². The van der Waals surface area contributed by atoms with E-state index in [-0.39, 0.29) is 5.92 Å². The highest BCUT2D eigenvalue weighted by molar-refractivity contribution is 5.80. The maximum absolute atomic E-state index is 11.6. The fourth-order valence-electron chi connectivity index (χ4n) is 3.55. The summed E-state index contributed by atoms with van der Waals surface area (Å²) in [4.78, 5) is 17.6. The lowest BCUT2D eigenvalue weighted by Crippen LogP contribution is -2.40. The molecule has 1 saturated carbocycles. The zero-order valence-corrected chi connectivity index (χ0v) is 10.5. The van der Waals surface area contributed by atoms with Gasteiger partial charge in [-0.2, -0.15) is 5.26 Å². The van der Waals surface area contributed by atoms with Gasteiger partial charge in [0, 0.05) is 12.7 Å². The number of aliphatic carboxylic acids is 1. The van der Waals surface area contributed by atoms with Crippen LogP contribution in [0.3, 0.4) is 0 Å². The van der Waals surface area contributed by atoms with Crippen LogP contribution in [0.4, 0.5) is 5.82 Å². The average molecular weight is 257 g/mol. The van der Waals surface area contributed by atoms with Crippen molar-refractivity contribution in [2.45, 2.75) is 25.3 Å². The van der Waals surface area contributed by atoms with Crippen molar-refractivity contribution >= 4 is 11.8 Å². The molecule has 2 heterocycles. The molecular formula is C14H15N3O2. The molecule has 1 saturated heterocycles. The smallest absolute Gasteiger partial charge is 0.326 e. The molecule has 0 bridgehead atoms. The fraction of sp³-hybridized carbons (Fsp3) is 0.500. The Bertz CT molecular complexity index is 552. The van der Waals surface area contributed by atoms with Gasteiger partial charge in [0.15, 0.2) is 0 Å². The predicted octanol–water partition coefficient (Wildman–Crippen LogP) is 1.64. The Kier molecular flexibility index (Phi) is 2.86. The molecule has 0 radical (unpaired) electrons. The van der Waals surface area contributed by atoms with Gasteiger partial charge in [0.05, 0.1) is 5.56 Å². The van der Waals surface area contributed by atoms with Gasteiger partial charge < -0.3 is 10.0 Å². The molecule has 19 heavy (non-hydrogen) atoms. The highest BCUT2D eigenvalue weighted by atomic mass is 16.4. The Morgan fingerprint density at radius 1 is 1.53 bits per heavy atom. The molecule has 5 nitrogen and oxygen atoms in total. The van der Waals surface area contributed by atoms with Crippen LogP contribution >= 0.6 is 0 Å². The van der Waals surface area contributed by atoms with Crippen LogP contribution in [0.2, 0.25) is 0 Å². The van der Waals surface area contributed by atoms with E-state index in [0.717, 1.165) is 19.3 Å². The fourth-order valence-corrected chi connectivity index (χ4v) is 3.55. The van der Waals surface area contributed by atoms with E-state index in [0.29, 0.717) is 23.8 Å². The van der Waals surface area contributed by atoms with Crippen molar-refractivity contribution in [3.05, 3.63) is 23.9 Å². The standard InChI is InChI=1S/C14H15N3O2/c15-7-9-4-2-6-16-13(9)17-8-10-3-1-5-11(10)12(17)14(18)19/h2,4,6,10-12H,1,3,5,8H2,(H,18,19). The number of rotatable bonds is 2. The molecule has 0 amide bonds. The first kappa shape index (κ1) is 12.0. The van der Waals surface area contributed by atoms with Crippen molar-refractivity contribution in [2.24, 2.45) is 11.8 Å². The van der Waals surface area contributed by atoms with E-state index in [1.165, 1.54) is 0 Å². The normalized spacial score (nSPS) is 29.0. The lowest BCUT2D eigenvalue weighted by molar-refractivity contribution is -0.139. The molecule has 2 fully saturated rings. The second-order valence-electron chi connectivity index (χ2n) is 5.28. The molecule has 1 aliphatic carbocycles. The van der Waals surface area contributed by atoms with Crippen molar-refractivity contribution in [1.29, 1.82) is 5.26 Å². The van der Waals surface area contributed by atoms with Gasteiger partial charge in [-0.1, -0.05) is 6.42 Å². The minimum atomic E-state index is -0.802. The number of anilines is 1. The molecule has 98 valence electrons. The van der Waals surface area contributed by atoms with Gasteiger partial charge in [0.2, 0.25) is 0 Å². The average Bonchev–Trinajstić information content (AvgIpc) is 2.97. The van der Waals surface area contributed by atoms with Crippen LogP contribution in [0, 0.1) is 23.2 Å². The quantitative estimate of drug-likeness (QED) is 0.871. The molecule has 2 aliphatic rings. The Morgan fingerprint density at radius 2 is 2.37 bits per heavy atom. The Morgan fingerprint density at radius 3 is 3.11 bits per heavy atom. The molecule has 1 aromatic heterocycles. The third-order valence-electron chi connectivity index (χ3n) is 4.32. The summed E-state index contributed by atoms with van der Waals surface area (Å²) in [5.41, 5.74) is 0.453. The van der Waals surface area contributed by atoms with E-state index in [2.05, 4.69) is 11.1 Å². The zero-order valence-electron chi connectivity index (χ0n) is 10.5. The molecule has 3 rings (SSSR count). The van der Waals surface area contributed by atoms with E-state index in [1.54, 1.807) is 18.3 Å². The van der Waals surface area contributed by atoms with Crippen molar-refractivity contribution in [1.82, 2.24) is 4.98 Å². The van der Waals surface area contributed by atoms with E-state index < -0.39 is 12.0 Å². The molecule has 5 heteroatoms. The van der Waals surface area contributed by atoms with Gasteiger partial charge in [-0.25, -0.2) is 9.78 Å². The molecule has 0 aromatic carbocycles. The number of carbonyl (C=O) groups is 1. The van der Waals surface area contributed by atoms with Crippen LogP contribution in [0.15, 0.2) is 18.3 Å². The number of aromatic nitrogens is 1. The van der Waals surface area contributed by atoms with E-state index in [9.17, 15) is 9.90 Å². The number of fused-ring (bicyclic) bond motifs is 1. The number of hydrogen-bond acceptors (Lipinski definition) is 4. The molecule has 3 atom stereocenters. The lowest BCUT2D eigenvalue weighted by Gasteiger charge is -2.25. The summed E-state index contributed by atoms with van der Waals surface area (Å²) in [5, 5.41) is 18.6. The zero-order chi connectivity index (χ0) is 13.4. The Hall–Kier alpha value is -2.09. The van der Waals surface area contributed by atoms with Crippen LogP contribution < -0.4 is 4.90 Å². The van der Waals surface area contributed by atoms with Crippen LogP contribution in [0.5, 0.6) is 0 Å². The number of nitrogens with zero attached hydrogens (tertiary/aromatic N) is 3. The summed E-state index contributed by atoms with van der Waals surface area (Å²) in [6.07, 6.45) is 4.77. The van der Waals surface area contributed by atoms with Gasteiger partial charge in [-0.15, -0.1) is 0 Å². The number of nitriles is 1. The van der Waals surface area contributed by atoms with Crippen LogP contribution in [0.1, 0.15) is 24.8 Å². The highest BCUT2D eigenvalue weighted by Crippen LogP contribution is 2.44. The number of carboxylic acids is 1. The van der Waals surface area contributed by atoms with E-state index in [1.807, 2.05) is 4.90 Å². The summed E-state index contributed by atoms with van der Waals surface area (Å²) >= 11 is 0. The molecular weight excluding hydrogens is 242 g/mol. The summed E-state index contributed by atoms with van der Waals surface area (Å²) in [6.45, 7) is 0.702.